The summed E-state index contributed by atoms with van der Waals surface area (Å²) in [5.41, 5.74) is 1.33. The molecule has 0 spiro atoms. The molecule has 0 aliphatic carbocycles. The van der Waals surface area contributed by atoms with Crippen molar-refractivity contribution in [3.8, 4) is 5.75 Å². The summed E-state index contributed by atoms with van der Waals surface area (Å²) >= 11 is 3.37. The topological polar surface area (TPSA) is 49.8 Å². The van der Waals surface area contributed by atoms with Gasteiger partial charge in [0.2, 0.25) is 0 Å². The lowest BCUT2D eigenvalue weighted by atomic mass is 9.96. The monoisotopic (exact) mass is 377 g/mol. The van der Waals surface area contributed by atoms with Crippen molar-refractivity contribution < 1.29 is 23.4 Å². The van der Waals surface area contributed by atoms with Gasteiger partial charge >= 0.3 is 12.6 Å². The van der Waals surface area contributed by atoms with E-state index in [2.05, 4.69) is 25.6 Å². The van der Waals surface area contributed by atoms with Gasteiger partial charge in [-0.05, 0) is 50.6 Å². The molecule has 1 aliphatic heterocycles. The van der Waals surface area contributed by atoms with Crippen LogP contribution >= 0.6 is 15.9 Å². The summed E-state index contributed by atoms with van der Waals surface area (Å²) in [5.74, 6) is -0.865. The Labute approximate surface area is 136 Å². The van der Waals surface area contributed by atoms with Crippen LogP contribution in [0.4, 0.5) is 8.78 Å². The Balaban J connectivity index is 2.10. The van der Waals surface area contributed by atoms with Crippen molar-refractivity contribution in [1.29, 1.82) is 0 Å². The Morgan fingerprint density at radius 3 is 2.64 bits per heavy atom. The molecule has 122 valence electrons. The summed E-state index contributed by atoms with van der Waals surface area (Å²) in [6.07, 6.45) is 1.15. The van der Waals surface area contributed by atoms with Crippen LogP contribution in [0.25, 0.3) is 0 Å². The average molecular weight is 378 g/mol. The molecule has 1 aromatic rings. The number of alkyl halides is 2. The van der Waals surface area contributed by atoms with Crippen molar-refractivity contribution in [2.24, 2.45) is 5.92 Å². The van der Waals surface area contributed by atoms with Gasteiger partial charge in [0, 0.05) is 16.6 Å². The van der Waals surface area contributed by atoms with Crippen LogP contribution in [0.2, 0.25) is 0 Å². The predicted molar refractivity (Wildman–Crippen MR) is 81.1 cm³/mol. The highest BCUT2D eigenvalue weighted by Gasteiger charge is 2.25. The van der Waals surface area contributed by atoms with Gasteiger partial charge < -0.3 is 9.84 Å². The van der Waals surface area contributed by atoms with Crippen molar-refractivity contribution in [1.82, 2.24) is 4.90 Å². The summed E-state index contributed by atoms with van der Waals surface area (Å²) in [4.78, 5) is 13.0. The van der Waals surface area contributed by atoms with E-state index in [1.807, 2.05) is 0 Å². The van der Waals surface area contributed by atoms with Crippen LogP contribution in [0.5, 0.6) is 5.75 Å². The Bertz CT molecular complexity index is 546. The lowest BCUT2D eigenvalue weighted by Gasteiger charge is -2.30. The van der Waals surface area contributed by atoms with Gasteiger partial charge in [-0.2, -0.15) is 8.78 Å². The number of carbonyl (C=O) groups is 1. The van der Waals surface area contributed by atoms with Gasteiger partial charge in [0.05, 0.1) is 5.92 Å². The van der Waals surface area contributed by atoms with Crippen LogP contribution < -0.4 is 4.74 Å². The fourth-order valence-electron chi connectivity index (χ4n) is 2.75. The van der Waals surface area contributed by atoms with E-state index in [1.54, 1.807) is 19.1 Å². The minimum absolute atomic E-state index is 0.207. The highest BCUT2D eigenvalue weighted by Crippen LogP contribution is 2.31. The Morgan fingerprint density at radius 1 is 1.45 bits per heavy atom. The van der Waals surface area contributed by atoms with Crippen LogP contribution in [0.15, 0.2) is 16.6 Å². The lowest BCUT2D eigenvalue weighted by Crippen LogP contribution is -2.36. The maximum absolute atomic E-state index is 12.6. The van der Waals surface area contributed by atoms with E-state index >= 15 is 0 Å². The van der Waals surface area contributed by atoms with Crippen molar-refractivity contribution >= 4 is 21.9 Å². The molecule has 0 bridgehead atoms. The molecule has 0 amide bonds. The van der Waals surface area contributed by atoms with Crippen molar-refractivity contribution in [2.45, 2.75) is 32.9 Å². The first-order chi connectivity index (χ1) is 10.4. The number of aliphatic carboxylic acids is 1. The van der Waals surface area contributed by atoms with Gasteiger partial charge in [-0.3, -0.25) is 9.69 Å². The second-order valence-electron chi connectivity index (χ2n) is 5.48. The zero-order valence-electron chi connectivity index (χ0n) is 12.2. The number of halogens is 3. The van der Waals surface area contributed by atoms with Gasteiger partial charge in [-0.1, -0.05) is 15.9 Å². The largest absolute Gasteiger partial charge is 0.481 e. The van der Waals surface area contributed by atoms with Gasteiger partial charge in [0.1, 0.15) is 5.75 Å². The zero-order chi connectivity index (χ0) is 16.3. The molecule has 1 heterocycles. The second-order valence-corrected chi connectivity index (χ2v) is 6.39. The summed E-state index contributed by atoms with van der Waals surface area (Å²) in [6, 6.07) is 3.51. The third-order valence-electron chi connectivity index (χ3n) is 3.85. The molecule has 2 rings (SSSR count). The molecule has 1 fully saturated rings. The Hall–Kier alpha value is -1.21. The van der Waals surface area contributed by atoms with E-state index in [4.69, 9.17) is 5.11 Å². The standard InChI is InChI=1S/C15H18BrF2NO3/c1-9-6-12(16)7-11(13(9)22-15(17)18)8-19-4-2-10(3-5-19)14(20)21/h6-7,10,15H,2-5,8H2,1H3,(H,20,21). The third-order valence-corrected chi connectivity index (χ3v) is 4.31. The molecule has 0 aromatic heterocycles. The second kappa shape index (κ2) is 7.37. The summed E-state index contributed by atoms with van der Waals surface area (Å²) < 4.78 is 30.6. The molecular weight excluding hydrogens is 360 g/mol. The molecule has 1 N–H and O–H groups in total. The minimum Gasteiger partial charge on any atom is -0.481 e. The van der Waals surface area contributed by atoms with E-state index in [-0.39, 0.29) is 11.7 Å². The molecule has 1 aliphatic rings. The lowest BCUT2D eigenvalue weighted by molar-refractivity contribution is -0.143. The van der Waals surface area contributed by atoms with Crippen molar-refractivity contribution in [2.75, 3.05) is 13.1 Å². The minimum atomic E-state index is -2.86. The number of carboxylic acids is 1. The van der Waals surface area contributed by atoms with Crippen LogP contribution in [0.1, 0.15) is 24.0 Å². The first kappa shape index (κ1) is 17.1. The van der Waals surface area contributed by atoms with Crippen molar-refractivity contribution in [3.05, 3.63) is 27.7 Å². The van der Waals surface area contributed by atoms with Gasteiger partial charge in [-0.15, -0.1) is 0 Å². The van der Waals surface area contributed by atoms with Gasteiger partial charge in [-0.25, -0.2) is 0 Å². The molecule has 1 saturated heterocycles. The smallest absolute Gasteiger partial charge is 0.387 e. The fourth-order valence-corrected chi connectivity index (χ4v) is 3.37. The molecule has 0 unspecified atom stereocenters. The molecule has 0 saturated carbocycles. The van der Waals surface area contributed by atoms with Crippen molar-refractivity contribution in [3.63, 3.8) is 0 Å². The van der Waals surface area contributed by atoms with Crippen LogP contribution in [-0.2, 0) is 11.3 Å². The number of carboxylic acid groups (broad SMARTS) is 1. The summed E-state index contributed by atoms with van der Waals surface area (Å²) in [6.45, 7) is 0.598. The molecule has 0 radical (unpaired) electrons. The van der Waals surface area contributed by atoms with Gasteiger partial charge in [0.15, 0.2) is 0 Å². The SMILES string of the molecule is Cc1cc(Br)cc(CN2CCC(C(=O)O)CC2)c1OC(F)F. The predicted octanol–water partition coefficient (Wildman–Crippen LogP) is 3.66. The maximum atomic E-state index is 12.6. The van der Waals surface area contributed by atoms with E-state index in [1.165, 1.54) is 0 Å². The number of aryl methyl sites for hydroxylation is 1. The average Bonchev–Trinajstić information content (AvgIpc) is 2.43. The van der Waals surface area contributed by atoms with E-state index < -0.39 is 12.6 Å². The Morgan fingerprint density at radius 2 is 2.09 bits per heavy atom. The van der Waals surface area contributed by atoms with Crippen LogP contribution in [0, 0.1) is 12.8 Å². The number of rotatable bonds is 5. The number of hydrogen-bond donors (Lipinski definition) is 1. The molecule has 1 aromatic carbocycles. The van der Waals surface area contributed by atoms with Gasteiger partial charge in [0.25, 0.3) is 0 Å². The van der Waals surface area contributed by atoms with Crippen LogP contribution in [-0.4, -0.2) is 35.7 Å². The highest BCUT2D eigenvalue weighted by molar-refractivity contribution is 9.10. The highest BCUT2D eigenvalue weighted by atomic mass is 79.9. The number of ether oxygens (including phenoxy) is 1. The van der Waals surface area contributed by atoms with E-state index in [0.29, 0.717) is 43.6 Å². The fraction of sp³-hybridized carbons (Fsp3) is 0.533. The molecule has 0 atom stereocenters. The molecule has 22 heavy (non-hydrogen) atoms. The number of hydrogen-bond acceptors (Lipinski definition) is 3. The number of nitrogens with zero attached hydrogens (tertiary/aromatic N) is 1. The number of piperidine rings is 1. The summed E-state index contributed by atoms with van der Waals surface area (Å²) in [7, 11) is 0. The molecule has 7 heteroatoms. The first-order valence-electron chi connectivity index (χ1n) is 7.06. The third kappa shape index (κ3) is 4.39. The Kier molecular flexibility index (Phi) is 5.74. The number of benzene rings is 1. The summed E-state index contributed by atoms with van der Waals surface area (Å²) in [5, 5.41) is 9.00. The van der Waals surface area contributed by atoms with E-state index in [9.17, 15) is 13.6 Å². The van der Waals surface area contributed by atoms with E-state index in [0.717, 1.165) is 4.47 Å². The normalized spacial score (nSPS) is 17.0. The number of likely N-dealkylation sites (tertiary alicyclic amines) is 1. The molecular formula is C15H18BrF2NO3. The molecule has 4 nitrogen and oxygen atoms in total. The van der Waals surface area contributed by atoms with Crippen LogP contribution in [0.3, 0.4) is 0 Å². The zero-order valence-corrected chi connectivity index (χ0v) is 13.8. The quantitative estimate of drug-likeness (QED) is 0.850. The first-order valence-corrected chi connectivity index (χ1v) is 7.85. The maximum Gasteiger partial charge on any atom is 0.387 e.